The molecule has 0 unspecified atom stereocenters. The van der Waals surface area contributed by atoms with Crippen LogP contribution in [0, 0.1) is 0 Å². The van der Waals surface area contributed by atoms with Crippen LogP contribution in [0.1, 0.15) is 0 Å². The summed E-state index contributed by atoms with van der Waals surface area (Å²) in [5.41, 5.74) is 13.4. The average molecular weight is 733 g/mol. The van der Waals surface area contributed by atoms with Crippen LogP contribution in [0.5, 0.6) is 0 Å². The fourth-order valence-corrected chi connectivity index (χ4v) is 9.10. The molecule has 0 aliphatic heterocycles. The molecule has 3 aromatic heterocycles. The van der Waals surface area contributed by atoms with E-state index in [9.17, 15) is 0 Å². The third-order valence-corrected chi connectivity index (χ3v) is 11.8. The van der Waals surface area contributed by atoms with E-state index in [0.29, 0.717) is 5.82 Å². The number of para-hydroxylation sites is 1. The van der Waals surface area contributed by atoms with Crippen LogP contribution in [0.4, 0.5) is 0 Å². The number of rotatable bonds is 6. The number of nitrogens with zero attached hydrogens (tertiary/aromatic N) is 2. The molecule has 0 saturated carbocycles. The molecule has 56 heavy (non-hydrogen) atoms. The van der Waals surface area contributed by atoms with Gasteiger partial charge in [-0.25, -0.2) is 9.97 Å². The topological polar surface area (TPSA) is 38.9 Å². The molecule has 262 valence electrons. The van der Waals surface area contributed by atoms with Crippen molar-refractivity contribution >= 4 is 53.4 Å². The first-order valence-electron chi connectivity index (χ1n) is 18.8. The molecular weight excluding hydrogens is 701 g/mol. The van der Waals surface area contributed by atoms with E-state index >= 15 is 0 Å². The zero-order valence-corrected chi connectivity index (χ0v) is 31.0. The van der Waals surface area contributed by atoms with Gasteiger partial charge >= 0.3 is 0 Å². The zero-order chi connectivity index (χ0) is 37.0. The molecular formula is C52H32N2OS. The van der Waals surface area contributed by atoms with Crippen molar-refractivity contribution in [1.82, 2.24) is 9.97 Å². The Morgan fingerprint density at radius 2 is 0.929 bits per heavy atom. The highest BCUT2D eigenvalue weighted by Crippen LogP contribution is 2.41. The van der Waals surface area contributed by atoms with Gasteiger partial charge < -0.3 is 4.42 Å². The highest BCUT2D eigenvalue weighted by Gasteiger charge is 2.16. The van der Waals surface area contributed by atoms with E-state index in [4.69, 9.17) is 14.4 Å². The second-order valence-electron chi connectivity index (χ2n) is 14.2. The van der Waals surface area contributed by atoms with E-state index < -0.39 is 0 Å². The number of aromatic nitrogens is 2. The van der Waals surface area contributed by atoms with Crippen molar-refractivity contribution in [2.75, 3.05) is 0 Å². The molecule has 0 N–H and O–H groups in total. The second kappa shape index (κ2) is 13.3. The van der Waals surface area contributed by atoms with Gasteiger partial charge in [0.1, 0.15) is 11.2 Å². The lowest BCUT2D eigenvalue weighted by Gasteiger charge is -2.14. The molecule has 3 heterocycles. The number of hydrogen-bond donors (Lipinski definition) is 0. The minimum absolute atomic E-state index is 0.687. The van der Waals surface area contributed by atoms with Crippen LogP contribution in [0.25, 0.3) is 109 Å². The second-order valence-corrected chi connectivity index (χ2v) is 15.2. The molecule has 0 aliphatic carbocycles. The quantitative estimate of drug-likeness (QED) is 0.171. The summed E-state index contributed by atoms with van der Waals surface area (Å²) in [6.07, 6.45) is 0. The minimum Gasteiger partial charge on any atom is -0.456 e. The van der Waals surface area contributed by atoms with Crippen molar-refractivity contribution < 1.29 is 4.42 Å². The first kappa shape index (κ1) is 32.3. The lowest BCUT2D eigenvalue weighted by Crippen LogP contribution is -1.97. The summed E-state index contributed by atoms with van der Waals surface area (Å²) in [6.45, 7) is 0. The van der Waals surface area contributed by atoms with E-state index in [2.05, 4.69) is 164 Å². The van der Waals surface area contributed by atoms with Crippen LogP contribution < -0.4 is 0 Å². The number of furan rings is 1. The molecule has 0 spiro atoms. The van der Waals surface area contributed by atoms with Gasteiger partial charge in [-0.05, 0) is 94.0 Å². The van der Waals surface area contributed by atoms with Crippen molar-refractivity contribution in [3.8, 4) is 67.3 Å². The summed E-state index contributed by atoms with van der Waals surface area (Å²) in [7, 11) is 0. The largest absolute Gasteiger partial charge is 0.456 e. The smallest absolute Gasteiger partial charge is 0.160 e. The van der Waals surface area contributed by atoms with Crippen molar-refractivity contribution in [3.63, 3.8) is 0 Å². The van der Waals surface area contributed by atoms with Gasteiger partial charge in [0.15, 0.2) is 5.82 Å². The van der Waals surface area contributed by atoms with Crippen molar-refractivity contribution in [2.45, 2.75) is 0 Å². The van der Waals surface area contributed by atoms with Crippen LogP contribution in [0.2, 0.25) is 0 Å². The lowest BCUT2D eigenvalue weighted by molar-refractivity contribution is 0.669. The molecule has 0 saturated heterocycles. The van der Waals surface area contributed by atoms with Crippen LogP contribution in [0.15, 0.2) is 199 Å². The van der Waals surface area contributed by atoms with Gasteiger partial charge in [0.25, 0.3) is 0 Å². The molecule has 8 aromatic carbocycles. The molecule has 11 rings (SSSR count). The Labute approximate surface area is 327 Å². The normalized spacial score (nSPS) is 11.6. The maximum Gasteiger partial charge on any atom is 0.160 e. The van der Waals surface area contributed by atoms with Gasteiger partial charge in [-0.3, -0.25) is 0 Å². The Kier molecular flexibility index (Phi) is 7.68. The first-order chi connectivity index (χ1) is 27.7. The summed E-state index contributed by atoms with van der Waals surface area (Å²) < 4.78 is 8.79. The Morgan fingerprint density at radius 1 is 0.339 bits per heavy atom. The van der Waals surface area contributed by atoms with Crippen molar-refractivity contribution in [3.05, 3.63) is 194 Å². The number of benzene rings is 8. The molecule has 0 fully saturated rings. The van der Waals surface area contributed by atoms with E-state index in [-0.39, 0.29) is 0 Å². The Hall–Kier alpha value is -7.14. The molecule has 0 aliphatic rings. The van der Waals surface area contributed by atoms with Crippen molar-refractivity contribution in [1.29, 1.82) is 0 Å². The fraction of sp³-hybridized carbons (Fsp3) is 0. The zero-order valence-electron chi connectivity index (χ0n) is 30.2. The number of fused-ring (bicyclic) bond motifs is 6. The predicted molar refractivity (Wildman–Crippen MR) is 235 cm³/mol. The van der Waals surface area contributed by atoms with E-state index in [0.717, 1.165) is 77.8 Å². The molecule has 4 heteroatoms. The number of hydrogen-bond acceptors (Lipinski definition) is 4. The fourth-order valence-electron chi connectivity index (χ4n) is 7.97. The molecule has 0 radical (unpaired) electrons. The van der Waals surface area contributed by atoms with Gasteiger partial charge in [-0.2, -0.15) is 0 Å². The number of thiophene rings is 1. The maximum absolute atomic E-state index is 6.20. The van der Waals surface area contributed by atoms with E-state index in [1.165, 1.54) is 25.7 Å². The van der Waals surface area contributed by atoms with Crippen molar-refractivity contribution in [2.24, 2.45) is 0 Å². The monoisotopic (exact) mass is 732 g/mol. The average Bonchev–Trinajstić information content (AvgIpc) is 3.85. The lowest BCUT2D eigenvalue weighted by atomic mass is 9.93. The van der Waals surface area contributed by atoms with E-state index in [1.807, 2.05) is 41.7 Å². The SMILES string of the molecule is c1ccc(-c2cc(-c3ccc4oc5ccccc5c4c3)cc(-c3cc(-c4cccc(-c5cccc6sc7ccccc7c56)c4)nc(-c4ccccc4)n3)c2)cc1. The highest BCUT2D eigenvalue weighted by atomic mass is 32.1. The first-order valence-corrected chi connectivity index (χ1v) is 19.6. The Bertz CT molecular complexity index is 3250. The highest BCUT2D eigenvalue weighted by molar-refractivity contribution is 7.25. The molecule has 11 aromatic rings. The summed E-state index contributed by atoms with van der Waals surface area (Å²) in [5, 5.41) is 4.80. The van der Waals surface area contributed by atoms with Crippen LogP contribution in [-0.4, -0.2) is 9.97 Å². The molecule has 0 bridgehead atoms. The van der Waals surface area contributed by atoms with Gasteiger partial charge in [0.2, 0.25) is 0 Å². The summed E-state index contributed by atoms with van der Waals surface area (Å²) in [6, 6.07) is 68.6. The Morgan fingerprint density at radius 3 is 1.77 bits per heavy atom. The Balaban J connectivity index is 1.10. The predicted octanol–water partition coefficient (Wildman–Crippen LogP) is 14.7. The molecule has 0 amide bonds. The molecule has 0 atom stereocenters. The third kappa shape index (κ3) is 5.67. The third-order valence-electron chi connectivity index (χ3n) is 10.7. The summed E-state index contributed by atoms with van der Waals surface area (Å²) in [5.74, 6) is 0.687. The molecule has 3 nitrogen and oxygen atoms in total. The van der Waals surface area contributed by atoms with Gasteiger partial charge in [0.05, 0.1) is 11.4 Å². The van der Waals surface area contributed by atoms with Gasteiger partial charge in [0, 0.05) is 47.6 Å². The summed E-state index contributed by atoms with van der Waals surface area (Å²) >= 11 is 1.85. The maximum atomic E-state index is 6.20. The van der Waals surface area contributed by atoms with Crippen LogP contribution in [0.3, 0.4) is 0 Å². The van der Waals surface area contributed by atoms with Crippen LogP contribution in [-0.2, 0) is 0 Å². The summed E-state index contributed by atoms with van der Waals surface area (Å²) in [4.78, 5) is 10.5. The van der Waals surface area contributed by atoms with Gasteiger partial charge in [-0.1, -0.05) is 133 Å². The standard InChI is InChI=1S/C52H32N2OS/c1-3-13-33(14-4-1)38-28-39(35-25-26-48-44(31-35)42-19-7-9-22-47(42)55-48)30-40(29-38)46-32-45(53-52(54-46)34-15-5-2-6-16-34)37-18-11-17-36(27-37)41-21-12-24-50-51(41)43-20-8-10-23-49(43)56-50/h1-32H. The van der Waals surface area contributed by atoms with Crippen LogP contribution >= 0.6 is 11.3 Å². The van der Waals surface area contributed by atoms with E-state index in [1.54, 1.807) is 0 Å². The minimum atomic E-state index is 0.687. The van der Waals surface area contributed by atoms with Gasteiger partial charge in [-0.15, -0.1) is 11.3 Å².